The van der Waals surface area contributed by atoms with E-state index in [-0.39, 0.29) is 5.91 Å². The van der Waals surface area contributed by atoms with Crippen molar-refractivity contribution in [3.05, 3.63) is 16.8 Å². The van der Waals surface area contributed by atoms with E-state index in [4.69, 9.17) is 9.47 Å². The maximum atomic E-state index is 11.1. The molecule has 0 fully saturated rings. The van der Waals surface area contributed by atoms with Gasteiger partial charge in [-0.05, 0) is 0 Å². The van der Waals surface area contributed by atoms with Gasteiger partial charge < -0.3 is 19.7 Å². The van der Waals surface area contributed by atoms with Crippen molar-refractivity contribution < 1.29 is 14.3 Å². The molecule has 0 spiro atoms. The highest BCUT2D eigenvalue weighted by atomic mass is 32.1. The lowest BCUT2D eigenvalue weighted by molar-refractivity contribution is -0.114. The average molecular weight is 335 g/mol. The van der Waals surface area contributed by atoms with Gasteiger partial charge in [-0.3, -0.25) is 4.79 Å². The molecule has 1 amide bonds. The quantitative estimate of drug-likeness (QED) is 0.905. The number of thiazole rings is 1. The molecule has 0 aromatic carbocycles. The molecule has 3 heterocycles. The minimum absolute atomic E-state index is 0.112. The number of hydrogen-bond donors (Lipinski definition) is 1. The molecule has 0 aliphatic carbocycles. The first-order valence-corrected chi connectivity index (χ1v) is 7.88. The fourth-order valence-corrected chi connectivity index (χ4v) is 3.44. The molecular formula is C14H17N5O3S. The molecule has 1 aliphatic rings. The van der Waals surface area contributed by atoms with Crippen LogP contribution < -0.4 is 19.7 Å². The van der Waals surface area contributed by atoms with Crippen LogP contribution in [0.25, 0.3) is 0 Å². The van der Waals surface area contributed by atoms with Gasteiger partial charge in [0.1, 0.15) is 0 Å². The van der Waals surface area contributed by atoms with Gasteiger partial charge in [0, 0.05) is 24.8 Å². The van der Waals surface area contributed by atoms with E-state index in [1.165, 1.54) is 32.5 Å². The molecule has 8 nitrogen and oxygen atoms in total. The Labute approximate surface area is 137 Å². The SMILES string of the molecule is COc1ncc(N2CCc3nc(NC(C)=O)sc3C2)nc1OC. The zero-order chi connectivity index (χ0) is 16.4. The van der Waals surface area contributed by atoms with Crippen LogP contribution in [0.4, 0.5) is 10.9 Å². The predicted molar refractivity (Wildman–Crippen MR) is 86.3 cm³/mol. The highest BCUT2D eigenvalue weighted by Crippen LogP contribution is 2.31. The van der Waals surface area contributed by atoms with Gasteiger partial charge in [-0.1, -0.05) is 11.3 Å². The fraction of sp³-hybridized carbons (Fsp3) is 0.429. The molecule has 0 radical (unpaired) electrons. The van der Waals surface area contributed by atoms with Crippen molar-refractivity contribution in [2.24, 2.45) is 0 Å². The van der Waals surface area contributed by atoms with Gasteiger partial charge in [-0.25, -0.2) is 9.97 Å². The number of nitrogens with one attached hydrogen (secondary N) is 1. The van der Waals surface area contributed by atoms with Gasteiger partial charge in [0.2, 0.25) is 5.91 Å². The Morgan fingerprint density at radius 3 is 2.78 bits per heavy atom. The van der Waals surface area contributed by atoms with Crippen LogP contribution in [-0.4, -0.2) is 41.6 Å². The minimum atomic E-state index is -0.112. The summed E-state index contributed by atoms with van der Waals surface area (Å²) in [5, 5.41) is 3.38. The summed E-state index contributed by atoms with van der Waals surface area (Å²) in [7, 11) is 3.06. The lowest BCUT2D eigenvalue weighted by Gasteiger charge is -2.27. The van der Waals surface area contributed by atoms with E-state index in [9.17, 15) is 4.79 Å². The molecule has 122 valence electrons. The number of anilines is 2. The van der Waals surface area contributed by atoms with Crippen LogP contribution in [0.15, 0.2) is 6.20 Å². The number of methoxy groups -OCH3 is 2. The van der Waals surface area contributed by atoms with Gasteiger partial charge in [-0.15, -0.1) is 0 Å². The third kappa shape index (κ3) is 3.19. The van der Waals surface area contributed by atoms with E-state index in [2.05, 4.69) is 25.2 Å². The minimum Gasteiger partial charge on any atom is -0.477 e. The summed E-state index contributed by atoms with van der Waals surface area (Å²) in [6, 6.07) is 0. The Morgan fingerprint density at radius 1 is 1.30 bits per heavy atom. The number of nitrogens with zero attached hydrogens (tertiary/aromatic N) is 4. The smallest absolute Gasteiger partial charge is 0.279 e. The number of carbonyl (C=O) groups excluding carboxylic acids is 1. The lowest BCUT2D eigenvalue weighted by Crippen LogP contribution is -2.30. The molecule has 9 heteroatoms. The van der Waals surface area contributed by atoms with Crippen LogP contribution in [0.5, 0.6) is 11.8 Å². The molecule has 0 bridgehead atoms. The maximum Gasteiger partial charge on any atom is 0.279 e. The van der Waals surface area contributed by atoms with Gasteiger partial charge in [0.15, 0.2) is 10.9 Å². The summed E-state index contributed by atoms with van der Waals surface area (Å²) < 4.78 is 10.3. The second-order valence-electron chi connectivity index (χ2n) is 4.99. The monoisotopic (exact) mass is 335 g/mol. The lowest BCUT2D eigenvalue weighted by atomic mass is 10.2. The number of rotatable bonds is 4. The van der Waals surface area contributed by atoms with Crippen LogP contribution >= 0.6 is 11.3 Å². The van der Waals surface area contributed by atoms with Gasteiger partial charge >= 0.3 is 0 Å². The van der Waals surface area contributed by atoms with Gasteiger partial charge in [-0.2, -0.15) is 4.98 Å². The topological polar surface area (TPSA) is 89.5 Å². The third-order valence-electron chi connectivity index (χ3n) is 3.42. The first-order valence-electron chi connectivity index (χ1n) is 7.07. The number of amides is 1. The van der Waals surface area contributed by atoms with E-state index in [0.717, 1.165) is 29.4 Å². The van der Waals surface area contributed by atoms with E-state index in [1.807, 2.05) is 0 Å². The molecule has 0 atom stereocenters. The Morgan fingerprint density at radius 2 is 2.09 bits per heavy atom. The summed E-state index contributed by atoms with van der Waals surface area (Å²) >= 11 is 1.49. The van der Waals surface area contributed by atoms with E-state index >= 15 is 0 Å². The molecular weight excluding hydrogens is 318 g/mol. The first kappa shape index (κ1) is 15.5. The summed E-state index contributed by atoms with van der Waals surface area (Å²) in [6.45, 7) is 2.93. The molecule has 2 aromatic rings. The summed E-state index contributed by atoms with van der Waals surface area (Å²) in [4.78, 5) is 27.5. The zero-order valence-corrected chi connectivity index (χ0v) is 13.9. The molecule has 23 heavy (non-hydrogen) atoms. The molecule has 1 N–H and O–H groups in total. The highest BCUT2D eigenvalue weighted by molar-refractivity contribution is 7.15. The molecule has 1 aliphatic heterocycles. The number of carbonyl (C=O) groups is 1. The van der Waals surface area contributed by atoms with Crippen molar-refractivity contribution in [3.63, 3.8) is 0 Å². The molecule has 0 unspecified atom stereocenters. The maximum absolute atomic E-state index is 11.1. The predicted octanol–water partition coefficient (Wildman–Crippen LogP) is 1.47. The number of ether oxygens (including phenoxy) is 2. The van der Waals surface area contributed by atoms with Gasteiger partial charge in [0.05, 0.1) is 32.7 Å². The Hall–Kier alpha value is -2.42. The summed E-state index contributed by atoms with van der Waals surface area (Å²) in [6.07, 6.45) is 2.46. The molecule has 2 aromatic heterocycles. The van der Waals surface area contributed by atoms with Crippen molar-refractivity contribution in [3.8, 4) is 11.8 Å². The van der Waals surface area contributed by atoms with Gasteiger partial charge in [0.25, 0.3) is 11.8 Å². The average Bonchev–Trinajstić information content (AvgIpc) is 2.94. The Kier molecular flexibility index (Phi) is 4.28. The Balaban J connectivity index is 1.81. The summed E-state index contributed by atoms with van der Waals surface area (Å²) in [5.74, 6) is 1.33. The molecule has 3 rings (SSSR count). The molecule has 0 saturated carbocycles. The Bertz CT molecular complexity index is 733. The van der Waals surface area contributed by atoms with Crippen LogP contribution in [0.3, 0.4) is 0 Å². The van der Waals surface area contributed by atoms with Crippen molar-refractivity contribution >= 4 is 28.2 Å². The van der Waals surface area contributed by atoms with Crippen molar-refractivity contribution in [2.75, 3.05) is 31.0 Å². The number of aromatic nitrogens is 3. The van der Waals surface area contributed by atoms with Crippen LogP contribution in [-0.2, 0) is 17.8 Å². The highest BCUT2D eigenvalue weighted by Gasteiger charge is 2.23. The molecule has 0 saturated heterocycles. The van der Waals surface area contributed by atoms with Crippen LogP contribution in [0.1, 0.15) is 17.5 Å². The van der Waals surface area contributed by atoms with E-state index < -0.39 is 0 Å². The van der Waals surface area contributed by atoms with Crippen molar-refractivity contribution in [1.82, 2.24) is 15.0 Å². The largest absolute Gasteiger partial charge is 0.477 e. The number of hydrogen-bond acceptors (Lipinski definition) is 8. The zero-order valence-electron chi connectivity index (χ0n) is 13.1. The number of fused-ring (bicyclic) bond motifs is 1. The second-order valence-corrected chi connectivity index (χ2v) is 6.07. The normalized spacial score (nSPS) is 13.4. The van der Waals surface area contributed by atoms with Crippen LogP contribution in [0, 0.1) is 0 Å². The van der Waals surface area contributed by atoms with Crippen molar-refractivity contribution in [1.29, 1.82) is 0 Å². The van der Waals surface area contributed by atoms with Crippen molar-refractivity contribution in [2.45, 2.75) is 19.9 Å². The fourth-order valence-electron chi connectivity index (χ4n) is 2.37. The third-order valence-corrected chi connectivity index (χ3v) is 4.42. The standard InChI is InChI=1S/C14H17N5O3S/c1-8(20)16-14-17-9-4-5-19(7-10(9)23-14)11-6-15-12(21-2)13(18-11)22-3/h6H,4-5,7H2,1-3H3,(H,16,17,20). The van der Waals surface area contributed by atoms with E-state index in [0.29, 0.717) is 23.4 Å². The van der Waals surface area contributed by atoms with E-state index in [1.54, 1.807) is 6.20 Å². The second kappa shape index (κ2) is 6.37. The first-order chi connectivity index (χ1) is 11.1. The summed E-state index contributed by atoms with van der Waals surface area (Å²) in [5.41, 5.74) is 1.03. The van der Waals surface area contributed by atoms with Crippen LogP contribution in [0.2, 0.25) is 0 Å².